The molecular formula is C15H22FNO3. The zero-order valence-electron chi connectivity index (χ0n) is 11.8. The van der Waals surface area contributed by atoms with Crippen LogP contribution in [0.15, 0.2) is 24.3 Å². The van der Waals surface area contributed by atoms with Crippen molar-refractivity contribution in [1.82, 2.24) is 4.90 Å². The lowest BCUT2D eigenvalue weighted by atomic mass is 10.2. The van der Waals surface area contributed by atoms with Gasteiger partial charge in [0, 0.05) is 13.0 Å². The molecule has 112 valence electrons. The Hall–Kier alpha value is -1.62. The summed E-state index contributed by atoms with van der Waals surface area (Å²) in [6.45, 7) is 2.38. The molecule has 20 heavy (non-hydrogen) atoms. The molecule has 0 aromatic heterocycles. The van der Waals surface area contributed by atoms with Gasteiger partial charge in [-0.05, 0) is 57.1 Å². The number of halogens is 1. The second-order valence-corrected chi connectivity index (χ2v) is 4.81. The largest absolute Gasteiger partial charge is 0.494 e. The molecule has 0 aliphatic rings. The molecule has 0 saturated carbocycles. The van der Waals surface area contributed by atoms with E-state index in [1.54, 1.807) is 12.1 Å². The zero-order chi connectivity index (χ0) is 14.8. The summed E-state index contributed by atoms with van der Waals surface area (Å²) in [5.74, 6) is -0.325. The quantitative estimate of drug-likeness (QED) is 0.671. The number of ether oxygens (including phenoxy) is 1. The van der Waals surface area contributed by atoms with Gasteiger partial charge in [-0.1, -0.05) is 0 Å². The van der Waals surface area contributed by atoms with E-state index >= 15 is 0 Å². The molecular weight excluding hydrogens is 261 g/mol. The van der Waals surface area contributed by atoms with E-state index in [9.17, 15) is 9.18 Å². The van der Waals surface area contributed by atoms with Crippen molar-refractivity contribution in [2.75, 3.05) is 26.7 Å². The Balaban J connectivity index is 2.02. The minimum absolute atomic E-state index is 0.238. The van der Waals surface area contributed by atoms with Gasteiger partial charge in [0.1, 0.15) is 11.6 Å². The molecule has 4 nitrogen and oxygen atoms in total. The summed E-state index contributed by atoms with van der Waals surface area (Å²) in [6.07, 6.45) is 2.72. The SMILES string of the molecule is CN(CCCCC(=O)O)CCCOc1ccc(F)cc1. The molecule has 0 aliphatic carbocycles. The highest BCUT2D eigenvalue weighted by Gasteiger charge is 2.01. The van der Waals surface area contributed by atoms with Crippen molar-refractivity contribution in [1.29, 1.82) is 0 Å². The van der Waals surface area contributed by atoms with Crippen molar-refractivity contribution in [3.8, 4) is 5.75 Å². The summed E-state index contributed by atoms with van der Waals surface area (Å²) in [5, 5.41) is 8.52. The molecule has 0 saturated heterocycles. The smallest absolute Gasteiger partial charge is 0.303 e. The molecule has 0 unspecified atom stereocenters. The molecule has 0 heterocycles. The van der Waals surface area contributed by atoms with Crippen LogP contribution in [0.2, 0.25) is 0 Å². The highest BCUT2D eigenvalue weighted by Crippen LogP contribution is 2.11. The van der Waals surface area contributed by atoms with Crippen LogP contribution in [0.1, 0.15) is 25.7 Å². The third-order valence-electron chi connectivity index (χ3n) is 2.95. The summed E-state index contributed by atoms with van der Waals surface area (Å²) >= 11 is 0. The van der Waals surface area contributed by atoms with Crippen molar-refractivity contribution in [2.45, 2.75) is 25.7 Å². The number of rotatable bonds is 10. The van der Waals surface area contributed by atoms with Gasteiger partial charge in [-0.15, -0.1) is 0 Å². The topological polar surface area (TPSA) is 49.8 Å². The molecule has 0 amide bonds. The number of benzene rings is 1. The maximum Gasteiger partial charge on any atom is 0.303 e. The Bertz CT molecular complexity index is 395. The van der Waals surface area contributed by atoms with E-state index in [0.29, 0.717) is 18.8 Å². The van der Waals surface area contributed by atoms with E-state index in [-0.39, 0.29) is 12.2 Å². The Kier molecular flexibility index (Phi) is 7.65. The van der Waals surface area contributed by atoms with E-state index in [4.69, 9.17) is 9.84 Å². The lowest BCUT2D eigenvalue weighted by Gasteiger charge is -2.16. The summed E-state index contributed by atoms with van der Waals surface area (Å²) in [6, 6.07) is 5.99. The van der Waals surface area contributed by atoms with Crippen molar-refractivity contribution >= 4 is 5.97 Å². The van der Waals surface area contributed by atoms with Gasteiger partial charge >= 0.3 is 5.97 Å². The number of nitrogens with zero attached hydrogens (tertiary/aromatic N) is 1. The Labute approximate surface area is 119 Å². The number of carboxylic acids is 1. The lowest BCUT2D eigenvalue weighted by molar-refractivity contribution is -0.137. The van der Waals surface area contributed by atoms with Crippen molar-refractivity contribution in [3.05, 3.63) is 30.1 Å². The van der Waals surface area contributed by atoms with Gasteiger partial charge in [0.25, 0.3) is 0 Å². The minimum atomic E-state index is -0.736. The van der Waals surface area contributed by atoms with E-state index in [1.807, 2.05) is 7.05 Å². The van der Waals surface area contributed by atoms with Crippen molar-refractivity contribution < 1.29 is 19.0 Å². The molecule has 1 aromatic carbocycles. The van der Waals surface area contributed by atoms with Gasteiger partial charge in [-0.3, -0.25) is 4.79 Å². The van der Waals surface area contributed by atoms with Crippen LogP contribution in [0.5, 0.6) is 5.75 Å². The third-order valence-corrected chi connectivity index (χ3v) is 2.95. The predicted molar refractivity (Wildman–Crippen MR) is 75.5 cm³/mol. The fourth-order valence-corrected chi connectivity index (χ4v) is 1.83. The Morgan fingerprint density at radius 1 is 1.20 bits per heavy atom. The number of aliphatic carboxylic acids is 1. The Morgan fingerprint density at radius 2 is 1.85 bits per heavy atom. The molecule has 5 heteroatoms. The average Bonchev–Trinajstić information content (AvgIpc) is 2.41. The first-order chi connectivity index (χ1) is 9.58. The molecule has 0 bridgehead atoms. The molecule has 1 aromatic rings. The summed E-state index contributed by atoms with van der Waals surface area (Å²) < 4.78 is 18.2. The van der Waals surface area contributed by atoms with Crippen LogP contribution >= 0.6 is 0 Å². The highest BCUT2D eigenvalue weighted by atomic mass is 19.1. The van der Waals surface area contributed by atoms with Gasteiger partial charge < -0.3 is 14.7 Å². The fraction of sp³-hybridized carbons (Fsp3) is 0.533. The molecule has 0 atom stereocenters. The average molecular weight is 283 g/mol. The molecule has 1 rings (SSSR count). The standard InChI is InChI=1S/C15H22FNO3/c1-17(10-3-2-5-15(18)19)11-4-12-20-14-8-6-13(16)7-9-14/h6-9H,2-5,10-12H2,1H3,(H,18,19). The lowest BCUT2D eigenvalue weighted by Crippen LogP contribution is -2.22. The van der Waals surface area contributed by atoms with Crippen LogP contribution < -0.4 is 4.74 Å². The predicted octanol–water partition coefficient (Wildman–Crippen LogP) is 2.78. The van der Waals surface area contributed by atoms with Gasteiger partial charge in [0.15, 0.2) is 0 Å². The fourth-order valence-electron chi connectivity index (χ4n) is 1.83. The van der Waals surface area contributed by atoms with Crippen molar-refractivity contribution in [3.63, 3.8) is 0 Å². The molecule has 0 radical (unpaired) electrons. The summed E-state index contributed by atoms with van der Waals surface area (Å²) in [7, 11) is 2.01. The van der Waals surface area contributed by atoms with Gasteiger partial charge in [-0.25, -0.2) is 4.39 Å². The van der Waals surface area contributed by atoms with Gasteiger partial charge in [-0.2, -0.15) is 0 Å². The van der Waals surface area contributed by atoms with Crippen LogP contribution in [0, 0.1) is 5.82 Å². The third kappa shape index (κ3) is 7.74. The number of hydrogen-bond acceptors (Lipinski definition) is 3. The first-order valence-corrected chi connectivity index (χ1v) is 6.86. The van der Waals surface area contributed by atoms with Gasteiger partial charge in [0.05, 0.1) is 6.61 Å². The summed E-state index contributed by atoms with van der Waals surface area (Å²) in [4.78, 5) is 12.5. The molecule has 0 spiro atoms. The van der Waals surface area contributed by atoms with Crippen LogP contribution in [0.25, 0.3) is 0 Å². The molecule has 0 fully saturated rings. The highest BCUT2D eigenvalue weighted by molar-refractivity contribution is 5.66. The van der Waals surface area contributed by atoms with E-state index < -0.39 is 5.97 Å². The number of unbranched alkanes of at least 4 members (excludes halogenated alkanes) is 1. The minimum Gasteiger partial charge on any atom is -0.494 e. The van der Waals surface area contributed by atoms with Gasteiger partial charge in [0.2, 0.25) is 0 Å². The normalized spacial score (nSPS) is 10.8. The monoisotopic (exact) mass is 283 g/mol. The number of carbonyl (C=O) groups is 1. The second kappa shape index (κ2) is 9.31. The number of carboxylic acid groups (broad SMARTS) is 1. The van der Waals surface area contributed by atoms with E-state index in [1.165, 1.54) is 12.1 Å². The molecule has 1 N–H and O–H groups in total. The molecule has 0 aliphatic heterocycles. The first-order valence-electron chi connectivity index (χ1n) is 6.86. The second-order valence-electron chi connectivity index (χ2n) is 4.81. The van der Waals surface area contributed by atoms with Crippen LogP contribution in [-0.4, -0.2) is 42.7 Å². The zero-order valence-corrected chi connectivity index (χ0v) is 11.8. The van der Waals surface area contributed by atoms with E-state index in [0.717, 1.165) is 25.9 Å². The number of hydrogen-bond donors (Lipinski definition) is 1. The van der Waals surface area contributed by atoms with E-state index in [2.05, 4.69) is 4.90 Å². The van der Waals surface area contributed by atoms with Crippen molar-refractivity contribution in [2.24, 2.45) is 0 Å². The van der Waals surface area contributed by atoms with Crippen LogP contribution in [0.3, 0.4) is 0 Å². The summed E-state index contributed by atoms with van der Waals surface area (Å²) in [5.41, 5.74) is 0. The maximum atomic E-state index is 12.7. The van der Waals surface area contributed by atoms with Crippen LogP contribution in [-0.2, 0) is 4.79 Å². The van der Waals surface area contributed by atoms with Crippen LogP contribution in [0.4, 0.5) is 4.39 Å². The Morgan fingerprint density at radius 3 is 2.50 bits per heavy atom. The maximum absolute atomic E-state index is 12.7. The first kappa shape index (κ1) is 16.4.